The van der Waals surface area contributed by atoms with Crippen LogP contribution in [-0.4, -0.2) is 34.7 Å². The molecule has 6 heteroatoms. The summed E-state index contributed by atoms with van der Waals surface area (Å²) >= 11 is 1.83. The maximum Gasteiger partial charge on any atom is 0.256 e. The highest BCUT2D eigenvalue weighted by atomic mass is 32.2. The van der Waals surface area contributed by atoms with Crippen molar-refractivity contribution < 1.29 is 9.47 Å². The third kappa shape index (κ3) is 2.25. The molecule has 3 heterocycles. The molecule has 17 heavy (non-hydrogen) atoms. The molecular formula is C11H14N2O3S. The molecule has 1 aromatic heterocycles. The second kappa shape index (κ2) is 4.80. The Balaban J connectivity index is 1.95. The number of ether oxygens (including phenoxy) is 2. The van der Waals surface area contributed by atoms with Crippen molar-refractivity contribution in [2.24, 2.45) is 0 Å². The van der Waals surface area contributed by atoms with Crippen LogP contribution in [0.5, 0.6) is 0 Å². The predicted octanol–water partition coefficient (Wildman–Crippen LogP) is 0.647. The van der Waals surface area contributed by atoms with Crippen LogP contribution in [0.15, 0.2) is 4.79 Å². The average molecular weight is 254 g/mol. The van der Waals surface area contributed by atoms with Gasteiger partial charge in [-0.2, -0.15) is 11.8 Å². The van der Waals surface area contributed by atoms with Gasteiger partial charge in [-0.05, 0) is 0 Å². The monoisotopic (exact) mass is 254 g/mol. The van der Waals surface area contributed by atoms with Crippen LogP contribution in [-0.2, 0) is 22.5 Å². The number of hydrogen-bond acceptors (Lipinski definition) is 5. The Hall–Kier alpha value is -0.850. The Labute approximate surface area is 103 Å². The second-order valence-corrected chi connectivity index (χ2v) is 5.26. The smallest absolute Gasteiger partial charge is 0.256 e. The first-order valence-corrected chi connectivity index (χ1v) is 6.89. The lowest BCUT2D eigenvalue weighted by Crippen LogP contribution is -2.28. The van der Waals surface area contributed by atoms with Crippen molar-refractivity contribution in [1.29, 1.82) is 0 Å². The third-order valence-corrected chi connectivity index (χ3v) is 3.96. The fraction of sp³-hybridized carbons (Fsp3) is 0.636. The summed E-state index contributed by atoms with van der Waals surface area (Å²) in [6, 6.07) is 0. The number of nitrogens with one attached hydrogen (secondary N) is 1. The summed E-state index contributed by atoms with van der Waals surface area (Å²) in [6.07, 6.45) is 0.640. The number of aromatic amines is 1. The lowest BCUT2D eigenvalue weighted by atomic mass is 10.1. The van der Waals surface area contributed by atoms with Crippen molar-refractivity contribution in [2.45, 2.75) is 19.1 Å². The molecule has 5 nitrogen and oxygen atoms in total. The number of H-pyrrole nitrogens is 1. The van der Waals surface area contributed by atoms with Gasteiger partial charge in [-0.15, -0.1) is 0 Å². The fourth-order valence-corrected chi connectivity index (χ4v) is 2.91. The molecule has 2 aliphatic heterocycles. The summed E-state index contributed by atoms with van der Waals surface area (Å²) < 4.78 is 10.9. The fourth-order valence-electron chi connectivity index (χ4n) is 2.06. The SMILES string of the molecule is O=c1[nH]c(C2CSCCO2)nc2c1COCC2. The van der Waals surface area contributed by atoms with E-state index in [1.165, 1.54) is 0 Å². The van der Waals surface area contributed by atoms with Crippen molar-refractivity contribution in [3.05, 3.63) is 27.4 Å². The largest absolute Gasteiger partial charge is 0.376 e. The minimum atomic E-state index is -0.0797. The van der Waals surface area contributed by atoms with Gasteiger partial charge in [-0.1, -0.05) is 0 Å². The van der Waals surface area contributed by atoms with E-state index in [-0.39, 0.29) is 11.7 Å². The number of rotatable bonds is 1. The molecule has 2 aliphatic rings. The van der Waals surface area contributed by atoms with Crippen LogP contribution in [0.4, 0.5) is 0 Å². The standard InChI is InChI=1S/C11H14N2O3S/c14-11-7-5-15-2-1-8(7)12-10(13-11)9-6-17-4-3-16-9/h9H,1-6H2,(H,12,13,14). The molecule has 1 fully saturated rings. The Kier molecular flexibility index (Phi) is 3.17. The van der Waals surface area contributed by atoms with Crippen molar-refractivity contribution in [3.63, 3.8) is 0 Å². The Bertz CT molecular complexity index is 468. The van der Waals surface area contributed by atoms with Gasteiger partial charge in [-0.3, -0.25) is 4.79 Å². The van der Waals surface area contributed by atoms with Crippen molar-refractivity contribution in [1.82, 2.24) is 9.97 Å². The van der Waals surface area contributed by atoms with Gasteiger partial charge in [0.05, 0.1) is 31.1 Å². The number of fused-ring (bicyclic) bond motifs is 1. The molecular weight excluding hydrogens is 240 g/mol. The quantitative estimate of drug-likeness (QED) is 0.797. The average Bonchev–Trinajstić information content (AvgIpc) is 2.40. The zero-order valence-corrected chi connectivity index (χ0v) is 10.2. The molecule has 0 spiro atoms. The van der Waals surface area contributed by atoms with Crippen LogP contribution in [0.3, 0.4) is 0 Å². The summed E-state index contributed by atoms with van der Waals surface area (Å²) in [5.74, 6) is 2.54. The zero-order chi connectivity index (χ0) is 11.7. The Morgan fingerprint density at radius 2 is 2.35 bits per heavy atom. The van der Waals surface area contributed by atoms with Crippen LogP contribution in [0.1, 0.15) is 23.2 Å². The number of nitrogens with zero attached hydrogens (tertiary/aromatic N) is 1. The van der Waals surface area contributed by atoms with Crippen LogP contribution in [0, 0.1) is 0 Å². The third-order valence-electron chi connectivity index (χ3n) is 2.97. The first-order valence-electron chi connectivity index (χ1n) is 5.73. The van der Waals surface area contributed by atoms with E-state index < -0.39 is 0 Å². The lowest BCUT2D eigenvalue weighted by Gasteiger charge is -2.23. The zero-order valence-electron chi connectivity index (χ0n) is 9.40. The van der Waals surface area contributed by atoms with Gasteiger partial charge in [0.1, 0.15) is 11.9 Å². The van der Waals surface area contributed by atoms with E-state index >= 15 is 0 Å². The molecule has 1 N–H and O–H groups in total. The molecule has 0 aliphatic carbocycles. The minimum absolute atomic E-state index is 0.0744. The highest BCUT2D eigenvalue weighted by Gasteiger charge is 2.22. The van der Waals surface area contributed by atoms with Gasteiger partial charge in [0, 0.05) is 17.9 Å². The van der Waals surface area contributed by atoms with Gasteiger partial charge in [0.15, 0.2) is 0 Å². The Morgan fingerprint density at radius 3 is 3.18 bits per heavy atom. The number of hydrogen-bond donors (Lipinski definition) is 1. The highest BCUT2D eigenvalue weighted by Crippen LogP contribution is 2.24. The first-order chi connectivity index (χ1) is 8.34. The van der Waals surface area contributed by atoms with Crippen LogP contribution >= 0.6 is 11.8 Å². The van der Waals surface area contributed by atoms with E-state index in [4.69, 9.17) is 9.47 Å². The van der Waals surface area contributed by atoms with Gasteiger partial charge in [-0.25, -0.2) is 4.98 Å². The van der Waals surface area contributed by atoms with Gasteiger partial charge >= 0.3 is 0 Å². The van der Waals surface area contributed by atoms with Crippen LogP contribution in [0.25, 0.3) is 0 Å². The molecule has 92 valence electrons. The first kappa shape index (κ1) is 11.3. The molecule has 1 aromatic rings. The van der Waals surface area contributed by atoms with Crippen molar-refractivity contribution in [2.75, 3.05) is 24.7 Å². The van der Waals surface area contributed by atoms with Crippen LogP contribution < -0.4 is 5.56 Å². The highest BCUT2D eigenvalue weighted by molar-refractivity contribution is 7.99. The molecule has 0 radical (unpaired) electrons. The Morgan fingerprint density at radius 1 is 1.41 bits per heavy atom. The molecule has 0 amide bonds. The molecule has 0 saturated carbocycles. The van der Waals surface area contributed by atoms with E-state index in [2.05, 4.69) is 9.97 Å². The van der Waals surface area contributed by atoms with E-state index in [9.17, 15) is 4.79 Å². The summed E-state index contributed by atoms with van der Waals surface area (Å²) in [5.41, 5.74) is 1.46. The lowest BCUT2D eigenvalue weighted by molar-refractivity contribution is 0.0676. The summed E-state index contributed by atoms with van der Waals surface area (Å²) in [6.45, 7) is 1.74. The molecule has 1 atom stereocenters. The van der Waals surface area contributed by atoms with E-state index in [1.54, 1.807) is 0 Å². The number of thioether (sulfide) groups is 1. The summed E-state index contributed by atoms with van der Waals surface area (Å²) in [7, 11) is 0. The topological polar surface area (TPSA) is 64.2 Å². The summed E-state index contributed by atoms with van der Waals surface area (Å²) in [4.78, 5) is 19.2. The predicted molar refractivity (Wildman–Crippen MR) is 64.2 cm³/mol. The van der Waals surface area contributed by atoms with E-state index in [0.717, 1.165) is 23.8 Å². The molecule has 1 saturated heterocycles. The van der Waals surface area contributed by atoms with Crippen molar-refractivity contribution in [3.8, 4) is 0 Å². The maximum atomic E-state index is 11.9. The molecule has 0 bridgehead atoms. The molecule has 1 unspecified atom stereocenters. The van der Waals surface area contributed by atoms with Gasteiger partial charge < -0.3 is 14.5 Å². The van der Waals surface area contributed by atoms with Crippen molar-refractivity contribution >= 4 is 11.8 Å². The van der Waals surface area contributed by atoms with Gasteiger partial charge in [0.2, 0.25) is 0 Å². The maximum absolute atomic E-state index is 11.9. The van der Waals surface area contributed by atoms with Gasteiger partial charge in [0.25, 0.3) is 5.56 Å². The normalized spacial score (nSPS) is 24.4. The van der Waals surface area contributed by atoms with E-state index in [1.807, 2.05) is 11.8 Å². The molecule has 0 aromatic carbocycles. The number of aromatic nitrogens is 2. The minimum Gasteiger partial charge on any atom is -0.376 e. The van der Waals surface area contributed by atoms with Crippen LogP contribution in [0.2, 0.25) is 0 Å². The molecule has 3 rings (SSSR count). The van der Waals surface area contributed by atoms with E-state index in [0.29, 0.717) is 31.0 Å². The summed E-state index contributed by atoms with van der Waals surface area (Å²) in [5, 5.41) is 0. The second-order valence-electron chi connectivity index (χ2n) is 4.11.